The molecule has 2 aromatic rings. The molecule has 1 atom stereocenters. The summed E-state index contributed by atoms with van der Waals surface area (Å²) in [5, 5.41) is 5.98. The first kappa shape index (κ1) is 21.7. The number of hydrogen-bond acceptors (Lipinski definition) is 4. The molecule has 0 radical (unpaired) electrons. The minimum atomic E-state index is -0.673. The highest BCUT2D eigenvalue weighted by Crippen LogP contribution is 2.22. The van der Waals surface area contributed by atoms with Crippen molar-refractivity contribution in [1.29, 1.82) is 0 Å². The lowest BCUT2D eigenvalue weighted by Gasteiger charge is -2.23. The van der Waals surface area contributed by atoms with Crippen LogP contribution >= 0.6 is 0 Å². The van der Waals surface area contributed by atoms with Gasteiger partial charge < -0.3 is 20.1 Å². The maximum Gasteiger partial charge on any atom is 0.265 e. The Hall–Kier alpha value is -3.02. The summed E-state index contributed by atoms with van der Waals surface area (Å²) in [6.07, 6.45) is 5.35. The monoisotopic (exact) mass is 410 g/mol. The number of hydrogen-bond donors (Lipinski definition) is 2. The van der Waals surface area contributed by atoms with Crippen molar-refractivity contribution < 1.29 is 19.1 Å². The van der Waals surface area contributed by atoms with E-state index in [0.29, 0.717) is 23.4 Å². The van der Waals surface area contributed by atoms with Crippen LogP contribution < -0.4 is 20.1 Å². The maximum absolute atomic E-state index is 12.8. The first-order valence-corrected chi connectivity index (χ1v) is 10.6. The van der Waals surface area contributed by atoms with Crippen LogP contribution in [-0.2, 0) is 4.79 Å². The van der Waals surface area contributed by atoms with Gasteiger partial charge in [0.1, 0.15) is 11.5 Å². The van der Waals surface area contributed by atoms with Crippen molar-refractivity contribution in [2.24, 2.45) is 0 Å². The van der Waals surface area contributed by atoms with E-state index in [1.54, 1.807) is 55.6 Å². The third-order valence-electron chi connectivity index (χ3n) is 5.37. The van der Waals surface area contributed by atoms with Gasteiger partial charge in [-0.2, -0.15) is 0 Å². The molecular weight excluding hydrogens is 380 g/mol. The summed E-state index contributed by atoms with van der Waals surface area (Å²) in [6.45, 7) is 1.88. The number of carbonyl (C=O) groups excluding carboxylic acids is 2. The molecule has 160 valence electrons. The second kappa shape index (κ2) is 10.7. The summed E-state index contributed by atoms with van der Waals surface area (Å²) in [6, 6.07) is 14.4. The lowest BCUT2D eigenvalue weighted by molar-refractivity contribution is -0.122. The topological polar surface area (TPSA) is 76.7 Å². The van der Waals surface area contributed by atoms with E-state index in [9.17, 15) is 9.59 Å². The van der Waals surface area contributed by atoms with Crippen molar-refractivity contribution in [2.45, 2.75) is 57.6 Å². The molecule has 0 spiro atoms. The van der Waals surface area contributed by atoms with Gasteiger partial charge in [0.05, 0.1) is 18.4 Å². The highest BCUT2D eigenvalue weighted by Gasteiger charge is 2.22. The van der Waals surface area contributed by atoms with Crippen molar-refractivity contribution in [1.82, 2.24) is 5.32 Å². The van der Waals surface area contributed by atoms with Gasteiger partial charge in [-0.15, -0.1) is 0 Å². The van der Waals surface area contributed by atoms with Gasteiger partial charge in [-0.3, -0.25) is 9.59 Å². The zero-order valence-corrected chi connectivity index (χ0v) is 17.6. The van der Waals surface area contributed by atoms with Crippen molar-refractivity contribution in [3.8, 4) is 11.5 Å². The number of carbonyl (C=O) groups is 2. The molecule has 0 saturated heterocycles. The van der Waals surface area contributed by atoms with E-state index in [0.717, 1.165) is 31.4 Å². The van der Waals surface area contributed by atoms with Crippen LogP contribution in [0.5, 0.6) is 11.5 Å². The average molecular weight is 411 g/mol. The highest BCUT2D eigenvalue weighted by molar-refractivity contribution is 6.04. The summed E-state index contributed by atoms with van der Waals surface area (Å²) in [4.78, 5) is 25.6. The summed E-state index contributed by atoms with van der Waals surface area (Å²) >= 11 is 0. The predicted octanol–water partition coefficient (Wildman–Crippen LogP) is 4.55. The fourth-order valence-electron chi connectivity index (χ4n) is 3.65. The molecule has 0 heterocycles. The van der Waals surface area contributed by atoms with Crippen LogP contribution in [0.1, 0.15) is 55.8 Å². The molecule has 1 fully saturated rings. The first-order chi connectivity index (χ1) is 14.6. The summed E-state index contributed by atoms with van der Waals surface area (Å²) in [5.41, 5.74) is 0.961. The molecule has 30 heavy (non-hydrogen) atoms. The zero-order valence-electron chi connectivity index (χ0n) is 17.6. The number of para-hydroxylation sites is 1. The molecule has 1 aliphatic carbocycles. The minimum absolute atomic E-state index is 0.151. The van der Waals surface area contributed by atoms with Gasteiger partial charge in [-0.1, -0.05) is 38.3 Å². The van der Waals surface area contributed by atoms with Gasteiger partial charge >= 0.3 is 0 Å². The quantitative estimate of drug-likeness (QED) is 0.669. The van der Waals surface area contributed by atoms with Crippen LogP contribution in [0.2, 0.25) is 0 Å². The standard InChI is InChI=1S/C24H30N2O4/c1-3-22(30-19-15-13-18(29-2)14-16-19)24(28)26-21-12-8-7-11-20(21)23(27)25-17-9-5-4-6-10-17/h7-8,11-17,22H,3-6,9-10H2,1-2H3,(H,25,27)(H,26,28). The third kappa shape index (κ3) is 5.75. The molecule has 2 aromatic carbocycles. The Bertz CT molecular complexity index is 845. The van der Waals surface area contributed by atoms with E-state index < -0.39 is 6.10 Å². The Morgan fingerprint density at radius 2 is 1.67 bits per heavy atom. The SMILES string of the molecule is CCC(Oc1ccc(OC)cc1)C(=O)Nc1ccccc1C(=O)NC1CCCCC1. The second-order valence-corrected chi connectivity index (χ2v) is 7.53. The van der Waals surface area contributed by atoms with Crippen molar-refractivity contribution in [3.63, 3.8) is 0 Å². The summed E-state index contributed by atoms with van der Waals surface area (Å²) in [5.74, 6) is 0.868. The van der Waals surface area contributed by atoms with Gasteiger partial charge in [0.2, 0.25) is 0 Å². The van der Waals surface area contributed by atoms with E-state index in [4.69, 9.17) is 9.47 Å². The Labute approximate surface area is 178 Å². The number of nitrogens with one attached hydrogen (secondary N) is 2. The molecule has 0 aliphatic heterocycles. The normalized spacial score (nSPS) is 15.1. The van der Waals surface area contributed by atoms with Crippen molar-refractivity contribution >= 4 is 17.5 Å². The third-order valence-corrected chi connectivity index (χ3v) is 5.37. The van der Waals surface area contributed by atoms with Gasteiger partial charge in [-0.05, 0) is 55.7 Å². The Morgan fingerprint density at radius 3 is 2.33 bits per heavy atom. The van der Waals surface area contributed by atoms with Gasteiger partial charge in [-0.25, -0.2) is 0 Å². The van der Waals surface area contributed by atoms with Crippen LogP contribution in [0.4, 0.5) is 5.69 Å². The fraction of sp³-hybridized carbons (Fsp3) is 0.417. The van der Waals surface area contributed by atoms with Crippen LogP contribution in [0, 0.1) is 0 Å². The Kier molecular flexibility index (Phi) is 7.71. The molecule has 1 aliphatic rings. The number of amides is 2. The van der Waals surface area contributed by atoms with E-state index >= 15 is 0 Å². The van der Waals surface area contributed by atoms with Crippen molar-refractivity contribution in [3.05, 3.63) is 54.1 Å². The van der Waals surface area contributed by atoms with Crippen LogP contribution in [-0.4, -0.2) is 31.1 Å². The summed E-state index contributed by atoms with van der Waals surface area (Å²) in [7, 11) is 1.60. The molecule has 2 N–H and O–H groups in total. The fourth-order valence-corrected chi connectivity index (χ4v) is 3.65. The largest absolute Gasteiger partial charge is 0.497 e. The maximum atomic E-state index is 12.8. The number of ether oxygens (including phenoxy) is 2. The Morgan fingerprint density at radius 1 is 1.00 bits per heavy atom. The predicted molar refractivity (Wildman–Crippen MR) is 117 cm³/mol. The van der Waals surface area contributed by atoms with Crippen LogP contribution in [0.3, 0.4) is 0 Å². The van der Waals surface area contributed by atoms with Crippen LogP contribution in [0.15, 0.2) is 48.5 Å². The minimum Gasteiger partial charge on any atom is -0.497 e. The molecule has 6 nitrogen and oxygen atoms in total. The Balaban J connectivity index is 1.66. The zero-order chi connectivity index (χ0) is 21.3. The van der Waals surface area contributed by atoms with E-state index in [2.05, 4.69) is 10.6 Å². The molecule has 1 unspecified atom stereocenters. The molecular formula is C24H30N2O4. The van der Waals surface area contributed by atoms with E-state index in [-0.39, 0.29) is 17.9 Å². The molecule has 2 amide bonds. The number of benzene rings is 2. The van der Waals surface area contributed by atoms with E-state index in [1.807, 2.05) is 6.92 Å². The average Bonchev–Trinajstić information content (AvgIpc) is 2.78. The molecule has 0 aromatic heterocycles. The lowest BCUT2D eigenvalue weighted by Crippen LogP contribution is -2.37. The number of methoxy groups -OCH3 is 1. The number of rotatable bonds is 8. The molecule has 6 heteroatoms. The smallest absolute Gasteiger partial charge is 0.265 e. The molecule has 1 saturated carbocycles. The molecule has 3 rings (SSSR count). The van der Waals surface area contributed by atoms with Gasteiger partial charge in [0, 0.05) is 6.04 Å². The first-order valence-electron chi connectivity index (χ1n) is 10.6. The molecule has 0 bridgehead atoms. The lowest BCUT2D eigenvalue weighted by atomic mass is 9.95. The summed E-state index contributed by atoms with van der Waals surface area (Å²) < 4.78 is 11.0. The highest BCUT2D eigenvalue weighted by atomic mass is 16.5. The number of anilines is 1. The van der Waals surface area contributed by atoms with E-state index in [1.165, 1.54) is 6.42 Å². The van der Waals surface area contributed by atoms with Gasteiger partial charge in [0.25, 0.3) is 11.8 Å². The van der Waals surface area contributed by atoms with Crippen LogP contribution in [0.25, 0.3) is 0 Å². The van der Waals surface area contributed by atoms with Crippen molar-refractivity contribution in [2.75, 3.05) is 12.4 Å². The second-order valence-electron chi connectivity index (χ2n) is 7.53. The van der Waals surface area contributed by atoms with Gasteiger partial charge in [0.15, 0.2) is 6.10 Å².